The standard InChI is InChI=1S/C25H24N4O4/c1-14(30)27-13-22(32)29-20(11-21(26)31)25(33)28-12-18-8-7-17-6-5-15-3-2-4-16-9-10-19(18)24(17)23(15)16/h2-10,20H,11-13H2,1H3,(H2,26,31)(H,27,30)(H,28,33)(H,29,32)/t20-/m0/s1. The van der Waals surface area contributed by atoms with Crippen LogP contribution in [0.4, 0.5) is 0 Å². The average Bonchev–Trinajstić information content (AvgIpc) is 2.79. The van der Waals surface area contributed by atoms with Gasteiger partial charge >= 0.3 is 0 Å². The molecule has 33 heavy (non-hydrogen) atoms. The summed E-state index contributed by atoms with van der Waals surface area (Å²) in [6.45, 7) is 1.19. The van der Waals surface area contributed by atoms with Crippen LogP contribution in [-0.4, -0.2) is 36.2 Å². The van der Waals surface area contributed by atoms with Gasteiger partial charge in [-0.25, -0.2) is 0 Å². The third-order valence-corrected chi connectivity index (χ3v) is 5.63. The molecule has 8 heteroatoms. The van der Waals surface area contributed by atoms with Gasteiger partial charge in [-0.1, -0.05) is 54.6 Å². The molecule has 0 heterocycles. The monoisotopic (exact) mass is 444 g/mol. The zero-order valence-electron chi connectivity index (χ0n) is 18.1. The van der Waals surface area contributed by atoms with Crippen molar-refractivity contribution < 1.29 is 19.2 Å². The predicted octanol–water partition coefficient (Wildman–Crippen LogP) is 1.70. The molecule has 0 radical (unpaired) electrons. The molecule has 4 aromatic carbocycles. The fraction of sp³-hybridized carbons (Fsp3) is 0.200. The molecule has 0 aliphatic heterocycles. The van der Waals surface area contributed by atoms with E-state index in [0.717, 1.165) is 32.5 Å². The maximum atomic E-state index is 12.8. The van der Waals surface area contributed by atoms with Crippen LogP contribution in [0.2, 0.25) is 0 Å². The first-order chi connectivity index (χ1) is 15.8. The van der Waals surface area contributed by atoms with Crippen LogP contribution in [0.3, 0.4) is 0 Å². The van der Waals surface area contributed by atoms with Crippen molar-refractivity contribution >= 4 is 55.9 Å². The van der Waals surface area contributed by atoms with Crippen LogP contribution in [-0.2, 0) is 25.7 Å². The molecule has 0 unspecified atom stereocenters. The predicted molar refractivity (Wildman–Crippen MR) is 126 cm³/mol. The van der Waals surface area contributed by atoms with Crippen molar-refractivity contribution in [3.63, 3.8) is 0 Å². The summed E-state index contributed by atoms with van der Waals surface area (Å²) in [5.41, 5.74) is 6.17. The molecule has 5 N–H and O–H groups in total. The Balaban J connectivity index is 1.56. The van der Waals surface area contributed by atoms with Gasteiger partial charge in [-0.3, -0.25) is 19.2 Å². The number of carbonyl (C=O) groups excluding carboxylic acids is 4. The minimum atomic E-state index is -1.14. The molecule has 0 bridgehead atoms. The third kappa shape index (κ3) is 4.69. The zero-order chi connectivity index (χ0) is 23.5. The van der Waals surface area contributed by atoms with Gasteiger partial charge in [0.05, 0.1) is 13.0 Å². The van der Waals surface area contributed by atoms with Crippen LogP contribution >= 0.6 is 0 Å². The van der Waals surface area contributed by atoms with E-state index in [0.29, 0.717) is 0 Å². The van der Waals surface area contributed by atoms with Gasteiger partial charge in [0.2, 0.25) is 23.6 Å². The summed E-state index contributed by atoms with van der Waals surface area (Å²) in [5, 5.41) is 14.3. The SMILES string of the molecule is CC(=O)NCC(=O)N[C@@H](CC(N)=O)C(=O)NCc1ccc2ccc3cccc4ccc1c2c34. The van der Waals surface area contributed by atoms with Crippen molar-refractivity contribution in [3.05, 3.63) is 60.2 Å². The largest absolute Gasteiger partial charge is 0.370 e. The molecule has 4 aromatic rings. The number of hydrogen-bond donors (Lipinski definition) is 4. The highest BCUT2D eigenvalue weighted by molar-refractivity contribution is 6.23. The molecule has 4 amide bonds. The van der Waals surface area contributed by atoms with Crippen molar-refractivity contribution in [2.45, 2.75) is 25.9 Å². The van der Waals surface area contributed by atoms with Gasteiger partial charge in [0.1, 0.15) is 6.04 Å². The second kappa shape index (κ2) is 9.12. The van der Waals surface area contributed by atoms with Gasteiger partial charge in [0, 0.05) is 13.5 Å². The van der Waals surface area contributed by atoms with Crippen LogP contribution in [0, 0.1) is 0 Å². The van der Waals surface area contributed by atoms with E-state index in [9.17, 15) is 19.2 Å². The molecule has 0 fully saturated rings. The van der Waals surface area contributed by atoms with Crippen molar-refractivity contribution in [2.24, 2.45) is 5.73 Å². The topological polar surface area (TPSA) is 130 Å². The van der Waals surface area contributed by atoms with E-state index in [1.807, 2.05) is 24.3 Å². The Morgan fingerprint density at radius 3 is 2.15 bits per heavy atom. The number of hydrogen-bond acceptors (Lipinski definition) is 4. The summed E-state index contributed by atoms with van der Waals surface area (Å²) in [6, 6.07) is 17.3. The summed E-state index contributed by atoms with van der Waals surface area (Å²) < 4.78 is 0. The second-order valence-corrected chi connectivity index (χ2v) is 8.00. The first kappa shape index (κ1) is 22.0. The van der Waals surface area contributed by atoms with E-state index in [4.69, 9.17) is 5.73 Å². The fourth-order valence-corrected chi connectivity index (χ4v) is 4.12. The van der Waals surface area contributed by atoms with Crippen LogP contribution in [0.5, 0.6) is 0 Å². The van der Waals surface area contributed by atoms with E-state index in [-0.39, 0.29) is 25.4 Å². The molecular formula is C25H24N4O4. The number of benzene rings is 4. The van der Waals surface area contributed by atoms with Crippen molar-refractivity contribution in [2.75, 3.05) is 6.54 Å². The third-order valence-electron chi connectivity index (χ3n) is 5.63. The van der Waals surface area contributed by atoms with Gasteiger partial charge < -0.3 is 21.7 Å². The lowest BCUT2D eigenvalue weighted by Gasteiger charge is -2.18. The number of nitrogens with two attached hydrogens (primary N) is 1. The van der Waals surface area contributed by atoms with E-state index in [2.05, 4.69) is 46.3 Å². The summed E-state index contributed by atoms with van der Waals surface area (Å²) in [4.78, 5) is 47.2. The summed E-state index contributed by atoms with van der Waals surface area (Å²) in [5.74, 6) is -2.22. The van der Waals surface area contributed by atoms with Crippen molar-refractivity contribution in [1.29, 1.82) is 0 Å². The molecule has 4 rings (SSSR count). The quantitative estimate of drug-likeness (QED) is 0.308. The Bertz CT molecular complexity index is 1370. The van der Waals surface area contributed by atoms with E-state index in [1.165, 1.54) is 12.3 Å². The van der Waals surface area contributed by atoms with E-state index >= 15 is 0 Å². The molecule has 8 nitrogen and oxygen atoms in total. The molecule has 0 aromatic heterocycles. The maximum Gasteiger partial charge on any atom is 0.243 e. The zero-order valence-corrected chi connectivity index (χ0v) is 18.1. The second-order valence-electron chi connectivity index (χ2n) is 8.00. The van der Waals surface area contributed by atoms with Crippen molar-refractivity contribution in [3.8, 4) is 0 Å². The van der Waals surface area contributed by atoms with Gasteiger partial charge in [-0.05, 0) is 37.9 Å². The average molecular weight is 444 g/mol. The number of rotatable bonds is 8. The van der Waals surface area contributed by atoms with Gasteiger partial charge in [0.15, 0.2) is 0 Å². The fourth-order valence-electron chi connectivity index (χ4n) is 4.12. The summed E-state index contributed by atoms with van der Waals surface area (Å²) in [6.07, 6.45) is -0.351. The Morgan fingerprint density at radius 2 is 1.48 bits per heavy atom. The summed E-state index contributed by atoms with van der Waals surface area (Å²) >= 11 is 0. The number of amides is 4. The van der Waals surface area contributed by atoms with Gasteiger partial charge in [-0.15, -0.1) is 0 Å². The summed E-state index contributed by atoms with van der Waals surface area (Å²) in [7, 11) is 0. The Kier molecular flexibility index (Phi) is 6.08. The minimum absolute atomic E-state index is 0.212. The highest BCUT2D eigenvalue weighted by Crippen LogP contribution is 2.35. The lowest BCUT2D eigenvalue weighted by Crippen LogP contribution is -2.50. The molecule has 0 aliphatic rings. The molecule has 168 valence electrons. The number of primary amides is 1. The first-order valence-electron chi connectivity index (χ1n) is 10.6. The highest BCUT2D eigenvalue weighted by atomic mass is 16.2. The molecule has 0 aliphatic carbocycles. The Hall–Kier alpha value is -4.20. The molecule has 1 atom stereocenters. The smallest absolute Gasteiger partial charge is 0.243 e. The lowest BCUT2D eigenvalue weighted by atomic mass is 9.92. The van der Waals surface area contributed by atoms with E-state index < -0.39 is 23.8 Å². The molecule has 0 spiro atoms. The number of nitrogens with one attached hydrogen (secondary N) is 3. The first-order valence-corrected chi connectivity index (χ1v) is 10.6. The van der Waals surface area contributed by atoms with Crippen LogP contribution in [0.25, 0.3) is 32.3 Å². The maximum absolute atomic E-state index is 12.8. The van der Waals surface area contributed by atoms with Crippen LogP contribution < -0.4 is 21.7 Å². The van der Waals surface area contributed by atoms with Gasteiger partial charge in [0.25, 0.3) is 0 Å². The van der Waals surface area contributed by atoms with E-state index in [1.54, 1.807) is 0 Å². The molecule has 0 saturated heterocycles. The van der Waals surface area contributed by atoms with Crippen LogP contribution in [0.1, 0.15) is 18.9 Å². The minimum Gasteiger partial charge on any atom is -0.370 e. The highest BCUT2D eigenvalue weighted by Gasteiger charge is 2.23. The Morgan fingerprint density at radius 1 is 0.848 bits per heavy atom. The molecule has 0 saturated carbocycles. The lowest BCUT2D eigenvalue weighted by molar-refractivity contribution is -0.131. The van der Waals surface area contributed by atoms with Crippen LogP contribution in [0.15, 0.2) is 54.6 Å². The number of carbonyl (C=O) groups is 4. The molecular weight excluding hydrogens is 420 g/mol. The normalized spacial score (nSPS) is 12.0. The van der Waals surface area contributed by atoms with Gasteiger partial charge in [-0.2, -0.15) is 0 Å². The Labute approximate surface area is 189 Å². The van der Waals surface area contributed by atoms with Crippen molar-refractivity contribution in [1.82, 2.24) is 16.0 Å².